The first kappa shape index (κ1) is 18.1. The van der Waals surface area contributed by atoms with E-state index >= 15 is 0 Å². The molecule has 1 aliphatic rings. The van der Waals surface area contributed by atoms with Crippen LogP contribution < -0.4 is 4.90 Å². The van der Waals surface area contributed by atoms with Crippen LogP contribution in [0.1, 0.15) is 36.8 Å². The summed E-state index contributed by atoms with van der Waals surface area (Å²) in [4.78, 5) is 16.3. The van der Waals surface area contributed by atoms with E-state index in [0.717, 1.165) is 30.8 Å². The van der Waals surface area contributed by atoms with Gasteiger partial charge in [-0.25, -0.2) is 4.39 Å². The topological polar surface area (TPSA) is 73.4 Å². The third-order valence-corrected chi connectivity index (χ3v) is 4.57. The van der Waals surface area contributed by atoms with Crippen LogP contribution in [0.5, 0.6) is 0 Å². The van der Waals surface area contributed by atoms with Crippen LogP contribution in [0.4, 0.5) is 10.1 Å². The molecule has 0 aliphatic carbocycles. The van der Waals surface area contributed by atoms with Gasteiger partial charge >= 0.3 is 0 Å². The Hall–Kier alpha value is -2.72. The Morgan fingerprint density at radius 2 is 2.31 bits per heavy atom. The Morgan fingerprint density at radius 1 is 1.50 bits per heavy atom. The van der Waals surface area contributed by atoms with E-state index in [1.807, 2.05) is 24.0 Å². The number of aryl methyl sites for hydroxylation is 1. The summed E-state index contributed by atoms with van der Waals surface area (Å²) in [6, 6.07) is 10.0. The van der Waals surface area contributed by atoms with Crippen molar-refractivity contribution in [1.82, 2.24) is 10.1 Å². The summed E-state index contributed by atoms with van der Waals surface area (Å²) in [7, 11) is 0. The first-order valence-electron chi connectivity index (χ1n) is 8.69. The van der Waals surface area contributed by atoms with Crippen molar-refractivity contribution in [2.24, 2.45) is 0 Å². The lowest BCUT2D eigenvalue weighted by atomic mass is 10.1. The zero-order valence-corrected chi connectivity index (χ0v) is 14.7. The molecule has 136 valence electrons. The van der Waals surface area contributed by atoms with Crippen LogP contribution in [0.15, 0.2) is 34.9 Å². The Bertz CT molecular complexity index is 814. The van der Waals surface area contributed by atoms with Gasteiger partial charge in [-0.3, -0.25) is 9.69 Å². The Labute approximate surface area is 151 Å². The predicted octanol–water partition coefficient (Wildman–Crippen LogP) is 3.21. The predicted molar refractivity (Wildman–Crippen MR) is 93.8 cm³/mol. The number of halogens is 1. The first-order valence-corrected chi connectivity index (χ1v) is 8.69. The number of amides is 1. The number of anilines is 1. The number of nitriles is 1. The molecular formula is C19H21FN4O2. The molecule has 1 aromatic heterocycles. The minimum Gasteiger partial charge on any atom is -0.359 e. The number of nitrogens with zero attached hydrogens (tertiary/aromatic N) is 4. The quantitative estimate of drug-likeness (QED) is 0.795. The average Bonchev–Trinajstić information content (AvgIpc) is 3.25. The molecule has 2 heterocycles. The zero-order chi connectivity index (χ0) is 18.5. The van der Waals surface area contributed by atoms with Gasteiger partial charge < -0.3 is 9.42 Å². The highest BCUT2D eigenvalue weighted by molar-refractivity contribution is 5.95. The number of rotatable bonds is 6. The molecule has 0 N–H and O–H groups in total. The highest BCUT2D eigenvalue weighted by atomic mass is 19.1. The average molecular weight is 356 g/mol. The second-order valence-corrected chi connectivity index (χ2v) is 6.40. The highest BCUT2D eigenvalue weighted by Crippen LogP contribution is 2.32. The van der Waals surface area contributed by atoms with Crippen LogP contribution in [-0.2, 0) is 4.79 Å². The van der Waals surface area contributed by atoms with Crippen molar-refractivity contribution in [2.75, 3.05) is 24.5 Å². The van der Waals surface area contributed by atoms with Crippen LogP contribution in [0, 0.1) is 24.1 Å². The highest BCUT2D eigenvalue weighted by Gasteiger charge is 2.32. The number of para-hydroxylation sites is 1. The number of hydrogen-bond donors (Lipinski definition) is 0. The van der Waals surface area contributed by atoms with Crippen molar-refractivity contribution in [2.45, 2.75) is 32.2 Å². The molecule has 0 bridgehead atoms. The minimum absolute atomic E-state index is 0.00131. The molecule has 1 saturated heterocycles. The number of aromatic nitrogens is 1. The lowest BCUT2D eigenvalue weighted by Gasteiger charge is -2.27. The van der Waals surface area contributed by atoms with Crippen molar-refractivity contribution in [3.8, 4) is 6.07 Å². The van der Waals surface area contributed by atoms with Crippen molar-refractivity contribution in [3.63, 3.8) is 0 Å². The van der Waals surface area contributed by atoms with Gasteiger partial charge in [0.1, 0.15) is 5.82 Å². The Kier molecular flexibility index (Phi) is 5.64. The molecule has 1 aliphatic heterocycles. The molecule has 1 aromatic carbocycles. The summed E-state index contributed by atoms with van der Waals surface area (Å²) >= 11 is 0. The maximum absolute atomic E-state index is 14.2. The van der Waals surface area contributed by atoms with Gasteiger partial charge in [-0.15, -0.1) is 0 Å². The smallest absolute Gasteiger partial charge is 0.241 e. The van der Waals surface area contributed by atoms with Crippen LogP contribution in [0.3, 0.4) is 0 Å². The molecule has 3 rings (SSSR count). The Morgan fingerprint density at radius 3 is 3.00 bits per heavy atom. The third-order valence-electron chi connectivity index (χ3n) is 4.57. The summed E-state index contributed by atoms with van der Waals surface area (Å²) in [5, 5.41) is 12.8. The molecule has 2 aromatic rings. The first-order chi connectivity index (χ1) is 12.6. The van der Waals surface area contributed by atoms with Crippen molar-refractivity contribution < 1.29 is 13.7 Å². The van der Waals surface area contributed by atoms with Crippen LogP contribution in [0.25, 0.3) is 0 Å². The number of carbonyl (C=O) groups excluding carboxylic acids is 1. The maximum Gasteiger partial charge on any atom is 0.241 e. The summed E-state index contributed by atoms with van der Waals surface area (Å²) < 4.78 is 19.5. The summed E-state index contributed by atoms with van der Waals surface area (Å²) in [6.07, 6.45) is 1.99. The monoisotopic (exact) mass is 356 g/mol. The molecule has 0 spiro atoms. The van der Waals surface area contributed by atoms with Crippen molar-refractivity contribution >= 4 is 11.6 Å². The normalized spacial score (nSPS) is 17.2. The number of likely N-dealkylation sites (tertiary alicyclic amines) is 1. The molecule has 0 saturated carbocycles. The lowest BCUT2D eigenvalue weighted by Crippen LogP contribution is -2.41. The SMILES string of the molecule is Cc1cc([C@@H]2CCCN2CC(=O)N(CCC#N)c2ccccc2F)on1. The second-order valence-electron chi connectivity index (χ2n) is 6.40. The van der Waals surface area contributed by atoms with E-state index in [1.165, 1.54) is 11.0 Å². The molecule has 1 atom stereocenters. The van der Waals surface area contributed by atoms with Gasteiger partial charge in [-0.1, -0.05) is 17.3 Å². The number of benzene rings is 1. The summed E-state index contributed by atoms with van der Waals surface area (Å²) in [5.41, 5.74) is 1.01. The van der Waals surface area contributed by atoms with Gasteiger partial charge in [0.05, 0.1) is 36.5 Å². The standard InChI is InChI=1S/C19H21FN4O2/c1-14-12-18(26-22-14)17-8-4-10-23(17)13-19(25)24(11-5-9-21)16-7-3-2-6-15(16)20/h2-3,6-7,12,17H,4-5,8,10-11,13H2,1H3/t17-/m0/s1. The lowest BCUT2D eigenvalue weighted by molar-refractivity contribution is -0.120. The molecule has 0 radical (unpaired) electrons. The van der Waals surface area contributed by atoms with E-state index in [-0.39, 0.29) is 37.1 Å². The van der Waals surface area contributed by atoms with Crippen LogP contribution in [0.2, 0.25) is 0 Å². The number of hydrogen-bond acceptors (Lipinski definition) is 5. The molecule has 7 heteroatoms. The number of carbonyl (C=O) groups is 1. The van der Waals surface area contributed by atoms with E-state index in [0.29, 0.717) is 0 Å². The summed E-state index contributed by atoms with van der Waals surface area (Å²) in [6.45, 7) is 2.93. The van der Waals surface area contributed by atoms with E-state index in [4.69, 9.17) is 9.78 Å². The van der Waals surface area contributed by atoms with Gasteiger partial charge in [-0.05, 0) is 38.4 Å². The van der Waals surface area contributed by atoms with Gasteiger partial charge in [-0.2, -0.15) is 5.26 Å². The van der Waals surface area contributed by atoms with Crippen molar-refractivity contribution in [1.29, 1.82) is 5.26 Å². The molecular weight excluding hydrogens is 335 g/mol. The Balaban J connectivity index is 1.77. The summed E-state index contributed by atoms with van der Waals surface area (Å²) in [5.74, 6) is 0.0541. The van der Waals surface area contributed by atoms with Gasteiger partial charge in [0.25, 0.3) is 0 Å². The van der Waals surface area contributed by atoms with E-state index in [1.54, 1.807) is 18.2 Å². The molecule has 6 nitrogen and oxygen atoms in total. The van der Waals surface area contributed by atoms with Gasteiger partial charge in [0.2, 0.25) is 5.91 Å². The molecule has 1 amide bonds. The molecule has 26 heavy (non-hydrogen) atoms. The fourth-order valence-corrected chi connectivity index (χ4v) is 3.35. The third kappa shape index (κ3) is 3.92. The van der Waals surface area contributed by atoms with E-state index < -0.39 is 5.82 Å². The van der Waals surface area contributed by atoms with Crippen LogP contribution in [-0.4, -0.2) is 35.6 Å². The van der Waals surface area contributed by atoms with Gasteiger partial charge in [0, 0.05) is 12.6 Å². The zero-order valence-electron chi connectivity index (χ0n) is 14.7. The molecule has 0 unspecified atom stereocenters. The van der Waals surface area contributed by atoms with Crippen molar-refractivity contribution in [3.05, 3.63) is 47.6 Å². The van der Waals surface area contributed by atoms with E-state index in [9.17, 15) is 9.18 Å². The van der Waals surface area contributed by atoms with Gasteiger partial charge in [0.15, 0.2) is 5.76 Å². The maximum atomic E-state index is 14.2. The fourth-order valence-electron chi connectivity index (χ4n) is 3.35. The molecule has 1 fully saturated rings. The minimum atomic E-state index is -0.470. The van der Waals surface area contributed by atoms with E-state index in [2.05, 4.69) is 5.16 Å². The largest absolute Gasteiger partial charge is 0.359 e. The fraction of sp³-hybridized carbons (Fsp3) is 0.421. The second kappa shape index (κ2) is 8.11. The van der Waals surface area contributed by atoms with Crippen LogP contribution >= 0.6 is 0 Å².